The van der Waals surface area contributed by atoms with Crippen LogP contribution in [0.15, 0.2) is 36.4 Å². The summed E-state index contributed by atoms with van der Waals surface area (Å²) in [7, 11) is 0. The molecule has 0 amide bonds. The van der Waals surface area contributed by atoms with E-state index in [-0.39, 0.29) is 0 Å². The third-order valence-corrected chi connectivity index (χ3v) is 4.02. The van der Waals surface area contributed by atoms with Gasteiger partial charge in [-0.2, -0.15) is 0 Å². The zero-order valence-electron chi connectivity index (χ0n) is 11.5. The molecule has 0 fully saturated rings. The van der Waals surface area contributed by atoms with Crippen molar-refractivity contribution in [2.45, 2.75) is 27.7 Å². The minimum absolute atomic E-state index is 1.36. The fraction of sp³-hybridized carbons (Fsp3) is 0.222. The van der Waals surface area contributed by atoms with Crippen molar-refractivity contribution in [3.63, 3.8) is 0 Å². The summed E-state index contributed by atoms with van der Waals surface area (Å²) in [5.41, 5.74) is 5.44. The van der Waals surface area contributed by atoms with Crippen molar-refractivity contribution in [2.24, 2.45) is 0 Å². The first-order valence-electron chi connectivity index (χ1n) is 6.48. The van der Waals surface area contributed by atoms with Crippen LogP contribution in [-0.2, 0) is 0 Å². The van der Waals surface area contributed by atoms with Gasteiger partial charge in [0.2, 0.25) is 0 Å². The monoisotopic (exact) mass is 234 g/mol. The molecule has 0 nitrogen and oxygen atoms in total. The van der Waals surface area contributed by atoms with E-state index in [0.717, 1.165) is 0 Å². The molecule has 0 heterocycles. The number of benzene rings is 3. The highest BCUT2D eigenvalue weighted by molar-refractivity contribution is 6.03. The zero-order chi connectivity index (χ0) is 12.9. The number of aryl methyl sites for hydroxylation is 4. The van der Waals surface area contributed by atoms with Crippen LogP contribution in [0, 0.1) is 27.7 Å². The predicted octanol–water partition coefficient (Wildman–Crippen LogP) is 5.23. The maximum absolute atomic E-state index is 2.36. The van der Waals surface area contributed by atoms with Gasteiger partial charge >= 0.3 is 0 Å². The second-order valence-corrected chi connectivity index (χ2v) is 5.34. The average Bonchev–Trinajstić information content (AvgIpc) is 2.37. The Morgan fingerprint density at radius 3 is 0.889 bits per heavy atom. The Morgan fingerprint density at radius 1 is 0.444 bits per heavy atom. The van der Waals surface area contributed by atoms with E-state index in [9.17, 15) is 0 Å². The van der Waals surface area contributed by atoms with Crippen LogP contribution in [-0.4, -0.2) is 0 Å². The van der Waals surface area contributed by atoms with Gasteiger partial charge in [0.25, 0.3) is 0 Å². The van der Waals surface area contributed by atoms with Gasteiger partial charge < -0.3 is 0 Å². The van der Waals surface area contributed by atoms with E-state index in [4.69, 9.17) is 0 Å². The third-order valence-electron chi connectivity index (χ3n) is 4.02. The minimum Gasteiger partial charge on any atom is -0.0584 e. The number of hydrogen-bond acceptors (Lipinski definition) is 0. The molecule has 0 aliphatic heterocycles. The van der Waals surface area contributed by atoms with Crippen molar-refractivity contribution in [3.05, 3.63) is 58.7 Å². The van der Waals surface area contributed by atoms with Crippen LogP contribution in [0.25, 0.3) is 21.5 Å². The lowest BCUT2D eigenvalue weighted by Crippen LogP contribution is -1.87. The molecule has 0 saturated heterocycles. The Kier molecular flexibility index (Phi) is 2.41. The van der Waals surface area contributed by atoms with Gasteiger partial charge in [0.1, 0.15) is 0 Å². The Hall–Kier alpha value is -1.82. The molecule has 0 unspecified atom stereocenters. The summed E-state index contributed by atoms with van der Waals surface area (Å²) < 4.78 is 0. The van der Waals surface area contributed by atoms with Gasteiger partial charge in [0.05, 0.1) is 0 Å². The second kappa shape index (κ2) is 3.84. The Morgan fingerprint density at radius 2 is 0.667 bits per heavy atom. The second-order valence-electron chi connectivity index (χ2n) is 5.34. The highest BCUT2D eigenvalue weighted by Gasteiger charge is 2.06. The van der Waals surface area contributed by atoms with Crippen LogP contribution < -0.4 is 0 Å². The lowest BCUT2D eigenvalue weighted by atomic mass is 9.93. The molecule has 0 spiro atoms. The number of fused-ring (bicyclic) bond motifs is 2. The highest BCUT2D eigenvalue weighted by atomic mass is 14.1. The summed E-state index contributed by atoms with van der Waals surface area (Å²) >= 11 is 0. The van der Waals surface area contributed by atoms with Gasteiger partial charge in [0.15, 0.2) is 0 Å². The number of hydrogen-bond donors (Lipinski definition) is 0. The highest BCUT2D eigenvalue weighted by Crippen LogP contribution is 2.30. The number of rotatable bonds is 0. The molecule has 0 aliphatic carbocycles. The van der Waals surface area contributed by atoms with Crippen molar-refractivity contribution < 1.29 is 0 Å². The average molecular weight is 234 g/mol. The van der Waals surface area contributed by atoms with E-state index < -0.39 is 0 Å². The van der Waals surface area contributed by atoms with Crippen molar-refractivity contribution in [1.29, 1.82) is 0 Å². The molecule has 18 heavy (non-hydrogen) atoms. The molecule has 0 saturated carbocycles. The van der Waals surface area contributed by atoms with Gasteiger partial charge in [0, 0.05) is 0 Å². The van der Waals surface area contributed by atoms with E-state index in [1.165, 1.54) is 43.8 Å². The summed E-state index contributed by atoms with van der Waals surface area (Å²) in [6.07, 6.45) is 0. The van der Waals surface area contributed by atoms with Gasteiger partial charge in [-0.1, -0.05) is 24.3 Å². The molecular weight excluding hydrogens is 216 g/mol. The molecule has 90 valence electrons. The molecule has 0 aromatic heterocycles. The molecule has 0 bridgehead atoms. The first kappa shape index (κ1) is 11.3. The van der Waals surface area contributed by atoms with Gasteiger partial charge in [-0.15, -0.1) is 0 Å². The molecule has 0 N–H and O–H groups in total. The van der Waals surface area contributed by atoms with Gasteiger partial charge in [-0.05, 0) is 83.6 Å². The van der Waals surface area contributed by atoms with Crippen molar-refractivity contribution in [2.75, 3.05) is 0 Å². The molecule has 3 aromatic rings. The molecule has 3 aromatic carbocycles. The third kappa shape index (κ3) is 1.53. The first-order valence-corrected chi connectivity index (χ1v) is 6.48. The summed E-state index contributed by atoms with van der Waals surface area (Å²) in [4.78, 5) is 0. The predicted molar refractivity (Wildman–Crippen MR) is 80.4 cm³/mol. The van der Waals surface area contributed by atoms with E-state index >= 15 is 0 Å². The van der Waals surface area contributed by atoms with Crippen LogP contribution in [0.5, 0.6) is 0 Å². The lowest BCUT2D eigenvalue weighted by molar-refractivity contribution is 1.44. The molecular formula is C18H18. The van der Waals surface area contributed by atoms with Crippen molar-refractivity contribution in [1.82, 2.24) is 0 Å². The van der Waals surface area contributed by atoms with E-state index in [0.29, 0.717) is 0 Å². The molecule has 0 radical (unpaired) electrons. The first-order chi connectivity index (χ1) is 8.58. The van der Waals surface area contributed by atoms with Crippen LogP contribution in [0.2, 0.25) is 0 Å². The largest absolute Gasteiger partial charge is 0.0584 e. The molecule has 0 atom stereocenters. The Labute approximate surface area is 108 Å². The zero-order valence-corrected chi connectivity index (χ0v) is 11.5. The standard InChI is InChI=1S/C18H18/c1-11-5-6-12(2)16-10-18-14(4)8-7-13(3)17(18)9-15(11)16/h5-10H,1-4H3. The quantitative estimate of drug-likeness (QED) is 0.467. The van der Waals surface area contributed by atoms with Gasteiger partial charge in [-0.3, -0.25) is 0 Å². The van der Waals surface area contributed by atoms with E-state index in [1.807, 2.05) is 0 Å². The maximum atomic E-state index is 2.36. The van der Waals surface area contributed by atoms with E-state index in [1.54, 1.807) is 0 Å². The Balaban J connectivity index is 2.59. The fourth-order valence-electron chi connectivity index (χ4n) is 2.76. The normalized spacial score (nSPS) is 11.3. The molecule has 3 rings (SSSR count). The van der Waals surface area contributed by atoms with Gasteiger partial charge in [-0.25, -0.2) is 0 Å². The lowest BCUT2D eigenvalue weighted by Gasteiger charge is -2.11. The van der Waals surface area contributed by atoms with Crippen molar-refractivity contribution in [3.8, 4) is 0 Å². The summed E-state index contributed by atoms with van der Waals surface area (Å²) in [5.74, 6) is 0. The fourth-order valence-corrected chi connectivity index (χ4v) is 2.76. The van der Waals surface area contributed by atoms with E-state index in [2.05, 4.69) is 64.1 Å². The summed E-state index contributed by atoms with van der Waals surface area (Å²) in [5, 5.41) is 5.54. The summed E-state index contributed by atoms with van der Waals surface area (Å²) in [6.45, 7) is 8.77. The van der Waals surface area contributed by atoms with Crippen LogP contribution in [0.4, 0.5) is 0 Å². The summed E-state index contributed by atoms with van der Waals surface area (Å²) in [6, 6.07) is 13.6. The van der Waals surface area contributed by atoms with Crippen molar-refractivity contribution >= 4 is 21.5 Å². The van der Waals surface area contributed by atoms with Crippen LogP contribution in [0.1, 0.15) is 22.3 Å². The minimum atomic E-state index is 1.36. The van der Waals surface area contributed by atoms with Crippen LogP contribution >= 0.6 is 0 Å². The topological polar surface area (TPSA) is 0 Å². The van der Waals surface area contributed by atoms with Crippen LogP contribution in [0.3, 0.4) is 0 Å². The molecule has 0 aliphatic rings. The smallest absolute Gasteiger partial charge is 0.0146 e. The Bertz CT molecular complexity index is 635. The SMILES string of the molecule is Cc1ccc(C)c2cc3c(C)ccc(C)c3cc12. The molecule has 0 heteroatoms. The maximum Gasteiger partial charge on any atom is -0.0146 e.